The van der Waals surface area contributed by atoms with E-state index in [-0.39, 0.29) is 30.7 Å². The quantitative estimate of drug-likeness (QED) is 0.533. The number of hydrogen-bond donors (Lipinski definition) is 3. The van der Waals surface area contributed by atoms with Crippen LogP contribution in [0.2, 0.25) is 0 Å². The summed E-state index contributed by atoms with van der Waals surface area (Å²) >= 11 is 0. The summed E-state index contributed by atoms with van der Waals surface area (Å²) in [7, 11) is 0. The van der Waals surface area contributed by atoms with Gasteiger partial charge in [-0.25, -0.2) is 9.59 Å². The van der Waals surface area contributed by atoms with Crippen molar-refractivity contribution >= 4 is 17.9 Å². The van der Waals surface area contributed by atoms with Gasteiger partial charge in [-0.05, 0) is 50.6 Å². The van der Waals surface area contributed by atoms with Crippen LogP contribution in [0.3, 0.4) is 0 Å². The first-order valence-electron chi connectivity index (χ1n) is 10.6. The van der Waals surface area contributed by atoms with Crippen molar-refractivity contribution in [2.45, 2.75) is 38.4 Å². The molecule has 0 spiro atoms. The van der Waals surface area contributed by atoms with Gasteiger partial charge in [0.25, 0.3) is 0 Å². The molecule has 10 heteroatoms. The summed E-state index contributed by atoms with van der Waals surface area (Å²) in [5, 5.41) is 8.35. The monoisotopic (exact) mass is 442 g/mol. The maximum absolute atomic E-state index is 12.8. The maximum atomic E-state index is 12.8. The van der Waals surface area contributed by atoms with Gasteiger partial charge < -0.3 is 29.5 Å². The average molecular weight is 442 g/mol. The first-order valence-corrected chi connectivity index (χ1v) is 10.6. The zero-order valence-corrected chi connectivity index (χ0v) is 17.8. The lowest BCUT2D eigenvalue weighted by Crippen LogP contribution is -2.50. The molecular formula is C22H26N4O6. The Balaban J connectivity index is 1.55. The highest BCUT2D eigenvalue weighted by molar-refractivity contribution is 5.95. The molecule has 1 fully saturated rings. The van der Waals surface area contributed by atoms with Gasteiger partial charge in [0.15, 0.2) is 0 Å². The van der Waals surface area contributed by atoms with Crippen LogP contribution in [0.4, 0.5) is 4.79 Å². The fourth-order valence-corrected chi connectivity index (χ4v) is 4.08. The van der Waals surface area contributed by atoms with Gasteiger partial charge in [-0.15, -0.1) is 0 Å². The average Bonchev–Trinajstić information content (AvgIpc) is 3.54. The predicted molar refractivity (Wildman–Crippen MR) is 112 cm³/mol. The van der Waals surface area contributed by atoms with E-state index in [2.05, 4.69) is 16.0 Å². The van der Waals surface area contributed by atoms with E-state index in [1.165, 1.54) is 6.26 Å². The number of esters is 1. The molecule has 0 bridgehead atoms. The molecule has 2 aromatic rings. The van der Waals surface area contributed by atoms with Crippen molar-refractivity contribution in [2.75, 3.05) is 19.7 Å². The molecule has 4 rings (SSSR count). The molecule has 0 aromatic carbocycles. The lowest BCUT2D eigenvalue weighted by Gasteiger charge is -2.31. The smallest absolute Gasteiger partial charge is 0.338 e. The number of amides is 3. The van der Waals surface area contributed by atoms with Crippen LogP contribution >= 0.6 is 0 Å². The molecule has 3 amide bonds. The number of carbonyl (C=O) groups excluding carboxylic acids is 3. The minimum absolute atomic E-state index is 0.125. The second-order valence-corrected chi connectivity index (χ2v) is 7.59. The van der Waals surface area contributed by atoms with Crippen LogP contribution in [0.15, 0.2) is 56.9 Å². The minimum atomic E-state index is -0.776. The molecule has 10 nitrogen and oxygen atoms in total. The molecule has 170 valence electrons. The third-order valence-electron chi connectivity index (χ3n) is 5.52. The molecule has 2 aliphatic rings. The minimum Gasteiger partial charge on any atom is -0.467 e. The third kappa shape index (κ3) is 4.70. The summed E-state index contributed by atoms with van der Waals surface area (Å²) < 4.78 is 16.0. The standard InChI is InChI=1S/C22H26N4O6/c1-2-30-21(28)18-15(24-22(29)25-19(18)17-8-5-11-32-17)13-26-9-3-7-16(26)20(27)23-12-14-6-4-10-31-14/h4-6,8,10-11,16,19H,2-3,7,9,12-13H2,1H3,(H,23,27)(H2,24,25,29)/t16-,19+/m1/s1. The number of ether oxygens (including phenoxy) is 1. The predicted octanol–water partition coefficient (Wildman–Crippen LogP) is 1.82. The topological polar surface area (TPSA) is 126 Å². The first kappa shape index (κ1) is 21.7. The third-order valence-corrected chi connectivity index (χ3v) is 5.52. The summed E-state index contributed by atoms with van der Waals surface area (Å²) in [6.07, 6.45) is 4.54. The molecule has 2 atom stereocenters. The van der Waals surface area contributed by atoms with Gasteiger partial charge in [-0.3, -0.25) is 9.69 Å². The van der Waals surface area contributed by atoms with Gasteiger partial charge >= 0.3 is 12.0 Å². The number of urea groups is 1. The molecule has 3 N–H and O–H groups in total. The van der Waals surface area contributed by atoms with Crippen molar-refractivity contribution in [3.63, 3.8) is 0 Å². The van der Waals surface area contributed by atoms with Crippen molar-refractivity contribution in [1.82, 2.24) is 20.9 Å². The summed E-state index contributed by atoms with van der Waals surface area (Å²) in [5.41, 5.74) is 0.669. The van der Waals surface area contributed by atoms with E-state index in [1.807, 2.05) is 4.90 Å². The first-order chi connectivity index (χ1) is 15.6. The Bertz CT molecular complexity index is 982. The fourth-order valence-electron chi connectivity index (χ4n) is 4.08. The molecule has 1 saturated heterocycles. The number of likely N-dealkylation sites (tertiary alicyclic amines) is 1. The molecule has 2 aliphatic heterocycles. The fraction of sp³-hybridized carbons (Fsp3) is 0.409. The van der Waals surface area contributed by atoms with Gasteiger partial charge in [-0.2, -0.15) is 0 Å². The van der Waals surface area contributed by atoms with Crippen LogP contribution in [-0.2, 0) is 20.9 Å². The van der Waals surface area contributed by atoms with E-state index < -0.39 is 18.0 Å². The van der Waals surface area contributed by atoms with E-state index >= 15 is 0 Å². The summed E-state index contributed by atoms with van der Waals surface area (Å²) in [6.45, 7) is 3.09. The lowest BCUT2D eigenvalue weighted by molar-refractivity contribution is -0.139. The van der Waals surface area contributed by atoms with Crippen molar-refractivity contribution < 1.29 is 28.0 Å². The SMILES string of the molecule is CCOC(=O)C1=C(CN2CCC[C@@H]2C(=O)NCc2ccco2)NC(=O)N[C@H]1c1ccco1. The van der Waals surface area contributed by atoms with Crippen LogP contribution < -0.4 is 16.0 Å². The molecule has 0 radical (unpaired) electrons. The molecule has 0 aliphatic carbocycles. The van der Waals surface area contributed by atoms with E-state index in [1.54, 1.807) is 37.5 Å². The Kier molecular flexibility index (Phi) is 6.60. The maximum Gasteiger partial charge on any atom is 0.338 e. The normalized spacial score (nSPS) is 21.2. The molecule has 32 heavy (non-hydrogen) atoms. The number of rotatable bonds is 8. The van der Waals surface area contributed by atoms with Crippen LogP contribution in [0.25, 0.3) is 0 Å². The van der Waals surface area contributed by atoms with Crippen LogP contribution in [0.5, 0.6) is 0 Å². The second-order valence-electron chi connectivity index (χ2n) is 7.59. The van der Waals surface area contributed by atoms with E-state index in [0.29, 0.717) is 36.7 Å². The number of nitrogens with zero attached hydrogens (tertiary/aromatic N) is 1. The Morgan fingerprint density at radius 3 is 2.78 bits per heavy atom. The molecule has 2 aromatic heterocycles. The highest BCUT2D eigenvalue weighted by Crippen LogP contribution is 2.29. The van der Waals surface area contributed by atoms with Gasteiger partial charge in [0.1, 0.15) is 17.6 Å². The van der Waals surface area contributed by atoms with Gasteiger partial charge in [0.2, 0.25) is 5.91 Å². The Morgan fingerprint density at radius 1 is 1.25 bits per heavy atom. The molecule has 4 heterocycles. The van der Waals surface area contributed by atoms with Crippen LogP contribution in [0.1, 0.15) is 37.3 Å². The van der Waals surface area contributed by atoms with Crippen molar-refractivity contribution in [1.29, 1.82) is 0 Å². The summed E-state index contributed by atoms with van der Waals surface area (Å²) in [4.78, 5) is 40.0. The van der Waals surface area contributed by atoms with Crippen LogP contribution in [-0.4, -0.2) is 48.5 Å². The molecule has 0 unspecified atom stereocenters. The number of furan rings is 2. The zero-order valence-electron chi connectivity index (χ0n) is 17.8. The lowest BCUT2D eigenvalue weighted by atomic mass is 9.99. The van der Waals surface area contributed by atoms with Gasteiger partial charge in [0, 0.05) is 12.2 Å². The zero-order chi connectivity index (χ0) is 22.5. The van der Waals surface area contributed by atoms with E-state index in [4.69, 9.17) is 13.6 Å². The molecular weight excluding hydrogens is 416 g/mol. The Labute approximate surface area is 184 Å². The van der Waals surface area contributed by atoms with Crippen molar-refractivity contribution in [3.05, 3.63) is 59.6 Å². The summed E-state index contributed by atoms with van der Waals surface area (Å²) in [6, 6.07) is 5.33. The number of hydrogen-bond acceptors (Lipinski definition) is 7. The largest absolute Gasteiger partial charge is 0.467 e. The summed E-state index contributed by atoms with van der Waals surface area (Å²) in [5.74, 6) is 0.422. The van der Waals surface area contributed by atoms with Gasteiger partial charge in [0.05, 0.1) is 37.3 Å². The van der Waals surface area contributed by atoms with E-state index in [9.17, 15) is 14.4 Å². The van der Waals surface area contributed by atoms with Crippen LogP contribution in [0, 0.1) is 0 Å². The molecule has 0 saturated carbocycles. The van der Waals surface area contributed by atoms with Gasteiger partial charge in [-0.1, -0.05) is 0 Å². The second kappa shape index (κ2) is 9.73. The van der Waals surface area contributed by atoms with Crippen molar-refractivity contribution in [2.24, 2.45) is 0 Å². The van der Waals surface area contributed by atoms with E-state index in [0.717, 1.165) is 6.42 Å². The Morgan fingerprint density at radius 2 is 2.06 bits per heavy atom. The number of carbonyl (C=O) groups is 3. The number of nitrogens with one attached hydrogen (secondary N) is 3. The highest BCUT2D eigenvalue weighted by Gasteiger charge is 2.38. The highest BCUT2D eigenvalue weighted by atomic mass is 16.5. The Hall–Kier alpha value is -3.53. The van der Waals surface area contributed by atoms with Crippen molar-refractivity contribution in [3.8, 4) is 0 Å².